The lowest BCUT2D eigenvalue weighted by atomic mass is 9.92. The predicted molar refractivity (Wildman–Crippen MR) is 408 cm³/mol. The summed E-state index contributed by atoms with van der Waals surface area (Å²) >= 11 is 0. The van der Waals surface area contributed by atoms with E-state index in [1.165, 1.54) is 0 Å². The summed E-state index contributed by atoms with van der Waals surface area (Å²) in [6.45, 7) is 0. The summed E-state index contributed by atoms with van der Waals surface area (Å²) < 4.78 is 63.2. The maximum atomic E-state index is 16.1. The van der Waals surface area contributed by atoms with Crippen molar-refractivity contribution in [3.05, 3.63) is 322 Å². The third kappa shape index (κ3) is 8.16. The van der Waals surface area contributed by atoms with Gasteiger partial charge in [-0.25, -0.2) is 4.98 Å². The zero-order valence-corrected chi connectivity index (χ0v) is 55.1. The van der Waals surface area contributed by atoms with Crippen LogP contribution in [0.2, 0.25) is 0 Å². The minimum Gasteiger partial charge on any atom is -0.456 e. The zero-order valence-electron chi connectivity index (χ0n) is 53.3. The highest BCUT2D eigenvalue weighted by atomic mass is 31.2. The molecule has 0 radical (unpaired) electrons. The smallest absolute Gasteiger partial charge is 0.178 e. The molecular formula is C89H53N3O6P2. The van der Waals surface area contributed by atoms with Gasteiger partial charge in [0.2, 0.25) is 0 Å². The molecule has 0 aliphatic carbocycles. The molecule has 0 saturated heterocycles. The number of nitrogens with zero attached hydrogens (tertiary/aromatic N) is 3. The highest BCUT2D eigenvalue weighted by Crippen LogP contribution is 2.54. The minimum absolute atomic E-state index is 0.584. The lowest BCUT2D eigenvalue weighted by Crippen LogP contribution is -2.30. The maximum absolute atomic E-state index is 16.1. The van der Waals surface area contributed by atoms with Crippen LogP contribution in [0.3, 0.4) is 0 Å². The highest BCUT2D eigenvalue weighted by molar-refractivity contribution is 7.86. The Hall–Kier alpha value is -12.5. The lowest BCUT2D eigenvalue weighted by molar-refractivity contribution is 0.485. The molecule has 21 rings (SSSR count). The molecule has 7 heterocycles. The van der Waals surface area contributed by atoms with E-state index in [4.69, 9.17) is 23.3 Å². The van der Waals surface area contributed by atoms with Gasteiger partial charge in [0.25, 0.3) is 0 Å². The molecule has 5 aromatic heterocycles. The van der Waals surface area contributed by atoms with Gasteiger partial charge in [-0.05, 0) is 139 Å². The molecule has 0 spiro atoms. The van der Waals surface area contributed by atoms with Crippen LogP contribution in [0, 0.1) is 0 Å². The Labute approximate surface area is 572 Å². The lowest BCUT2D eigenvalue weighted by Gasteiger charge is -2.29. The summed E-state index contributed by atoms with van der Waals surface area (Å²) in [6, 6.07) is 109. The second kappa shape index (κ2) is 21.5. The summed E-state index contributed by atoms with van der Waals surface area (Å²) in [4.78, 5) is 5.94. The largest absolute Gasteiger partial charge is 0.456 e. The molecule has 0 bridgehead atoms. The Morgan fingerprint density at radius 2 is 0.610 bits per heavy atom. The first-order valence-corrected chi connectivity index (χ1v) is 36.8. The number of hydrogen-bond donors (Lipinski definition) is 0. The molecule has 9 nitrogen and oxygen atoms in total. The van der Waals surface area contributed by atoms with Crippen LogP contribution in [0.4, 0.5) is 0 Å². The highest BCUT2D eigenvalue weighted by Gasteiger charge is 2.41. The van der Waals surface area contributed by atoms with Crippen LogP contribution in [0.1, 0.15) is 0 Å². The second-order valence-corrected chi connectivity index (χ2v) is 31.2. The average Bonchev–Trinajstić information content (AvgIpc) is 1.30. The Kier molecular flexibility index (Phi) is 12.2. The van der Waals surface area contributed by atoms with E-state index in [0.29, 0.717) is 54.8 Å². The van der Waals surface area contributed by atoms with Crippen LogP contribution in [-0.2, 0) is 9.13 Å². The van der Waals surface area contributed by atoms with Crippen molar-refractivity contribution in [3.63, 3.8) is 0 Å². The number of pyridine rings is 1. The van der Waals surface area contributed by atoms with Gasteiger partial charge in [-0.15, -0.1) is 0 Å². The number of rotatable bonds is 8. The maximum Gasteiger partial charge on any atom is 0.178 e. The molecule has 11 heteroatoms. The molecule has 2 aliphatic rings. The van der Waals surface area contributed by atoms with Crippen molar-refractivity contribution in [2.24, 2.45) is 0 Å². The molecule has 100 heavy (non-hydrogen) atoms. The Balaban J connectivity index is 0.774. The van der Waals surface area contributed by atoms with Crippen LogP contribution >= 0.6 is 14.3 Å². The summed E-state index contributed by atoms with van der Waals surface area (Å²) in [5.74, 6) is 2.34. The summed E-state index contributed by atoms with van der Waals surface area (Å²) in [6.07, 6.45) is 0. The molecule has 0 saturated carbocycles. The van der Waals surface area contributed by atoms with Crippen molar-refractivity contribution < 1.29 is 27.4 Å². The van der Waals surface area contributed by atoms with E-state index in [9.17, 15) is 0 Å². The fourth-order valence-corrected chi connectivity index (χ4v) is 21.6. The molecule has 19 aromatic rings. The third-order valence-electron chi connectivity index (χ3n) is 20.5. The van der Waals surface area contributed by atoms with E-state index in [-0.39, 0.29) is 0 Å². The predicted octanol–water partition coefficient (Wildman–Crippen LogP) is 21.2. The number of para-hydroxylation sites is 8. The van der Waals surface area contributed by atoms with Crippen molar-refractivity contribution in [2.45, 2.75) is 0 Å². The monoisotopic (exact) mass is 1320 g/mol. The first-order chi connectivity index (χ1) is 49.3. The van der Waals surface area contributed by atoms with Gasteiger partial charge in [0.1, 0.15) is 45.3 Å². The van der Waals surface area contributed by atoms with Crippen LogP contribution in [-0.4, -0.2) is 14.1 Å². The zero-order chi connectivity index (χ0) is 66.0. The quantitative estimate of drug-likeness (QED) is 0.140. The van der Waals surface area contributed by atoms with E-state index >= 15 is 9.13 Å². The first kappa shape index (κ1) is 56.6. The van der Waals surface area contributed by atoms with Crippen molar-refractivity contribution >= 4 is 134 Å². The van der Waals surface area contributed by atoms with E-state index < -0.39 is 14.3 Å². The first-order valence-electron chi connectivity index (χ1n) is 33.4. The van der Waals surface area contributed by atoms with Crippen LogP contribution in [0.5, 0.6) is 23.0 Å². The molecule has 0 fully saturated rings. The number of hydrogen-bond acceptors (Lipinski definition) is 7. The van der Waals surface area contributed by atoms with Gasteiger partial charge in [0.05, 0.1) is 65.4 Å². The van der Waals surface area contributed by atoms with Gasteiger partial charge in [-0.3, -0.25) is 0 Å². The van der Waals surface area contributed by atoms with E-state index in [1.54, 1.807) is 0 Å². The van der Waals surface area contributed by atoms with Crippen molar-refractivity contribution in [1.82, 2.24) is 14.1 Å². The molecule has 470 valence electrons. The SMILES string of the molecule is O=P1(c2ccc(-c3cc(-c4ccc(-n5c6ccccc6c6c7oc8ccccc8c7ccc65)cc4)c(-c4ccc(P5(=O)c6ccccc6Oc6ccccc65)cc4)nc3-c3ccc(-n4c5ccccc5c5c6oc7ccccc7c6ccc54)cc3)cc2)c2ccccc2Oc2ccccc21. The molecule has 14 aromatic carbocycles. The number of furan rings is 2. The molecule has 0 atom stereocenters. The van der Waals surface area contributed by atoms with Gasteiger partial charge in [0, 0.05) is 76.6 Å². The number of benzene rings is 14. The Bertz CT molecular complexity index is 6270. The Morgan fingerprint density at radius 3 is 1.02 bits per heavy atom. The summed E-state index contributed by atoms with van der Waals surface area (Å²) in [7, 11) is -6.87. The fraction of sp³-hybridized carbons (Fsp3) is 0. The average molecular weight is 1320 g/mol. The van der Waals surface area contributed by atoms with Crippen molar-refractivity contribution in [1.29, 1.82) is 0 Å². The van der Waals surface area contributed by atoms with Crippen LogP contribution in [0.25, 0.3) is 144 Å². The topological polar surface area (TPSA) is 102 Å². The van der Waals surface area contributed by atoms with E-state index in [2.05, 4.69) is 185 Å². The number of fused-ring (bicyclic) bond motifs is 18. The molecule has 2 aliphatic heterocycles. The van der Waals surface area contributed by atoms with E-state index in [1.807, 2.05) is 146 Å². The van der Waals surface area contributed by atoms with Gasteiger partial charge < -0.3 is 36.6 Å². The van der Waals surface area contributed by atoms with Gasteiger partial charge in [0.15, 0.2) is 14.3 Å². The second-order valence-electron chi connectivity index (χ2n) is 25.8. The van der Waals surface area contributed by atoms with Crippen LogP contribution < -0.4 is 41.3 Å². The van der Waals surface area contributed by atoms with Gasteiger partial charge in [-0.1, -0.05) is 194 Å². The number of aromatic nitrogens is 3. The molecule has 0 N–H and O–H groups in total. The Morgan fingerprint density at radius 1 is 0.280 bits per heavy atom. The molecule has 0 amide bonds. The summed E-state index contributed by atoms with van der Waals surface area (Å²) in [5, 5.41) is 12.7. The normalized spacial score (nSPS) is 13.6. The van der Waals surface area contributed by atoms with Crippen molar-refractivity contribution in [3.8, 4) is 79.1 Å². The summed E-state index contributed by atoms with van der Waals surface area (Å²) in [5.41, 5.74) is 16.3. The van der Waals surface area contributed by atoms with Crippen LogP contribution in [0.15, 0.2) is 330 Å². The third-order valence-corrected chi connectivity index (χ3v) is 26.8. The van der Waals surface area contributed by atoms with Crippen molar-refractivity contribution in [2.75, 3.05) is 0 Å². The molecule has 0 unspecified atom stereocenters. The minimum atomic E-state index is -3.44. The standard InChI is InChI=1S/C89H53N3O6P2/c93-99(80-29-13-9-25-76(80)95-77-26-10-14-30-81(77)99)60-45-37-55(38-46-60)69-53-68(54-33-41-58(42-34-54)91-70-21-5-1-19-66(70)84-72(91)51-49-64-62-17-3-7-23-74(62)97-88(64)84)87(57-39-47-61(48-40-57)100(94)82-31-15-11-27-78(82)96-79-28-12-16-32-83(79)100)90-86(69)56-35-43-59(44-36-56)92-71-22-6-2-20-67(71)85-73(92)52-50-65-63-18-4-8-24-75(63)98-89(65)85/h1-53H. The van der Waals surface area contributed by atoms with Gasteiger partial charge >= 0.3 is 0 Å². The number of ether oxygens (including phenoxy) is 2. The van der Waals surface area contributed by atoms with Gasteiger partial charge in [-0.2, -0.15) is 0 Å². The fourth-order valence-electron chi connectivity index (χ4n) is 15.9. The molecular weight excluding hydrogens is 1270 g/mol. The van der Waals surface area contributed by atoms with E-state index in [0.717, 1.165) is 144 Å².